The number of rotatable bonds is 2. The number of hydrogen-bond acceptors (Lipinski definition) is 2. The third-order valence-electron chi connectivity index (χ3n) is 7.62. The zero-order valence-corrected chi connectivity index (χ0v) is 18.3. The van der Waals surface area contributed by atoms with Gasteiger partial charge in [0.2, 0.25) is 0 Å². The van der Waals surface area contributed by atoms with Gasteiger partial charge in [-0.15, -0.1) is 0 Å². The normalized spacial score (nSPS) is 30.4. The Morgan fingerprint density at radius 2 is 0.778 bits per heavy atom. The Labute approximate surface area is 170 Å². The largest absolute Gasteiger partial charge is 0.288 e. The average Bonchev–Trinajstić information content (AvgIpc) is 2.97. The summed E-state index contributed by atoms with van der Waals surface area (Å²) < 4.78 is 0. The first-order valence-corrected chi connectivity index (χ1v) is 12.9. The minimum Gasteiger partial charge on any atom is -0.288 e. The lowest BCUT2D eigenvalue weighted by Gasteiger charge is -2.44. The summed E-state index contributed by atoms with van der Waals surface area (Å²) in [5.74, 6) is 0. The Morgan fingerprint density at radius 1 is 0.370 bits per heavy atom. The second-order valence-corrected chi connectivity index (χ2v) is 9.78. The molecule has 1 saturated carbocycles. The first-order chi connectivity index (χ1) is 13.4. The van der Waals surface area contributed by atoms with E-state index in [1.165, 1.54) is 148 Å². The van der Waals surface area contributed by atoms with Crippen LogP contribution < -0.4 is 0 Å². The van der Waals surface area contributed by atoms with Crippen molar-refractivity contribution >= 4 is 0 Å². The van der Waals surface area contributed by atoms with E-state index in [-0.39, 0.29) is 0 Å². The summed E-state index contributed by atoms with van der Waals surface area (Å²) in [7, 11) is 0. The molecular weight excluding hydrogens is 328 g/mol. The van der Waals surface area contributed by atoms with Crippen molar-refractivity contribution in [1.29, 1.82) is 0 Å². The second kappa shape index (κ2) is 13.2. The second-order valence-electron chi connectivity index (χ2n) is 9.78. The van der Waals surface area contributed by atoms with Crippen LogP contribution in [0, 0.1) is 0 Å². The summed E-state index contributed by atoms with van der Waals surface area (Å²) >= 11 is 0. The van der Waals surface area contributed by atoms with E-state index in [1.807, 2.05) is 0 Å². The van der Waals surface area contributed by atoms with Crippen molar-refractivity contribution in [1.82, 2.24) is 9.80 Å². The Kier molecular flexibility index (Phi) is 10.6. The highest BCUT2D eigenvalue weighted by atomic mass is 15.4. The topological polar surface area (TPSA) is 6.48 Å². The van der Waals surface area contributed by atoms with Crippen molar-refractivity contribution in [2.24, 2.45) is 0 Å². The van der Waals surface area contributed by atoms with Crippen molar-refractivity contribution in [2.75, 3.05) is 19.6 Å². The molecule has 1 atom stereocenters. The molecule has 2 heterocycles. The van der Waals surface area contributed by atoms with E-state index >= 15 is 0 Å². The molecule has 0 bridgehead atoms. The van der Waals surface area contributed by atoms with Crippen molar-refractivity contribution < 1.29 is 0 Å². The van der Waals surface area contributed by atoms with Gasteiger partial charge in [0.1, 0.15) is 0 Å². The van der Waals surface area contributed by atoms with Gasteiger partial charge in [0.25, 0.3) is 0 Å². The molecule has 0 N–H and O–H groups in total. The maximum atomic E-state index is 3.06. The van der Waals surface area contributed by atoms with E-state index in [0.29, 0.717) is 0 Å². The third kappa shape index (κ3) is 7.69. The molecule has 0 radical (unpaired) electrons. The highest BCUT2D eigenvalue weighted by Gasteiger charge is 2.30. The average molecular weight is 377 g/mol. The molecule has 3 fully saturated rings. The molecule has 2 nitrogen and oxygen atoms in total. The first-order valence-electron chi connectivity index (χ1n) is 12.9. The van der Waals surface area contributed by atoms with Crippen LogP contribution in [0.3, 0.4) is 0 Å². The van der Waals surface area contributed by atoms with Gasteiger partial charge < -0.3 is 0 Å². The fraction of sp³-hybridized carbons (Fsp3) is 1.00. The zero-order chi connectivity index (χ0) is 18.6. The molecule has 2 heteroatoms. The smallest absolute Gasteiger partial charge is 0.0624 e. The summed E-state index contributed by atoms with van der Waals surface area (Å²) in [6.45, 7) is 4.12. The van der Waals surface area contributed by atoms with E-state index < -0.39 is 0 Å². The third-order valence-corrected chi connectivity index (χ3v) is 7.62. The molecule has 158 valence electrons. The van der Waals surface area contributed by atoms with Crippen LogP contribution in [-0.4, -0.2) is 41.6 Å². The minimum atomic E-state index is 0.756. The van der Waals surface area contributed by atoms with Gasteiger partial charge in [0, 0.05) is 6.04 Å². The molecule has 0 spiro atoms. The molecular formula is C25H48N2. The number of hydrogen-bond donors (Lipinski definition) is 0. The van der Waals surface area contributed by atoms with Crippen molar-refractivity contribution in [3.63, 3.8) is 0 Å². The van der Waals surface area contributed by atoms with Gasteiger partial charge in [0.15, 0.2) is 0 Å². The minimum absolute atomic E-state index is 0.756. The molecule has 2 aliphatic heterocycles. The Bertz CT molecular complexity index is 315. The van der Waals surface area contributed by atoms with E-state index in [1.54, 1.807) is 0 Å². The quantitative estimate of drug-likeness (QED) is 0.506. The molecule has 0 aromatic rings. The molecule has 3 rings (SSSR count). The Hall–Kier alpha value is -0.0800. The van der Waals surface area contributed by atoms with Gasteiger partial charge in [-0.25, -0.2) is 0 Å². The van der Waals surface area contributed by atoms with Gasteiger partial charge in [0.05, 0.1) is 6.17 Å². The fourth-order valence-electron chi connectivity index (χ4n) is 5.97. The molecule has 0 aromatic heterocycles. The highest BCUT2D eigenvalue weighted by molar-refractivity contribution is 4.83. The summed E-state index contributed by atoms with van der Waals surface area (Å²) in [6, 6.07) is 0.874. The fourth-order valence-corrected chi connectivity index (χ4v) is 5.97. The van der Waals surface area contributed by atoms with Crippen LogP contribution in [0.15, 0.2) is 0 Å². The van der Waals surface area contributed by atoms with Crippen LogP contribution in [0.5, 0.6) is 0 Å². The van der Waals surface area contributed by atoms with Gasteiger partial charge in [-0.1, -0.05) is 89.9 Å². The Balaban J connectivity index is 1.72. The number of nitrogens with zero attached hydrogens (tertiary/aromatic N) is 2. The molecule has 0 amide bonds. The summed E-state index contributed by atoms with van der Waals surface area (Å²) in [4.78, 5) is 6.03. The van der Waals surface area contributed by atoms with Gasteiger partial charge in [-0.2, -0.15) is 0 Å². The standard InChI is InChI=1S/C25H48N2/c1-2-7-13-19-24(18-12-6-1)27-23-17-11-5-8-14-20-25(27)26-21-15-9-3-4-10-16-22-26/h24-25H,1-23H2. The van der Waals surface area contributed by atoms with Crippen LogP contribution in [-0.2, 0) is 0 Å². The molecule has 3 aliphatic rings. The van der Waals surface area contributed by atoms with Crippen LogP contribution >= 0.6 is 0 Å². The summed E-state index contributed by atoms with van der Waals surface area (Å²) in [5.41, 5.74) is 0. The van der Waals surface area contributed by atoms with Crippen LogP contribution in [0.2, 0.25) is 0 Å². The lowest BCUT2D eigenvalue weighted by molar-refractivity contribution is -0.00235. The summed E-state index contributed by atoms with van der Waals surface area (Å²) in [5, 5.41) is 0. The monoisotopic (exact) mass is 376 g/mol. The highest BCUT2D eigenvalue weighted by Crippen LogP contribution is 2.29. The van der Waals surface area contributed by atoms with Crippen LogP contribution in [0.1, 0.15) is 128 Å². The van der Waals surface area contributed by atoms with Crippen LogP contribution in [0.4, 0.5) is 0 Å². The molecule has 1 aliphatic carbocycles. The van der Waals surface area contributed by atoms with Crippen LogP contribution in [0.25, 0.3) is 0 Å². The predicted molar refractivity (Wildman–Crippen MR) is 118 cm³/mol. The maximum Gasteiger partial charge on any atom is 0.0624 e. The lowest BCUT2D eigenvalue weighted by atomic mass is 10.0. The lowest BCUT2D eigenvalue weighted by Crippen LogP contribution is -2.53. The van der Waals surface area contributed by atoms with Crippen molar-refractivity contribution in [3.05, 3.63) is 0 Å². The first kappa shape index (κ1) is 21.6. The van der Waals surface area contributed by atoms with E-state index in [2.05, 4.69) is 9.80 Å². The molecule has 1 unspecified atom stereocenters. The van der Waals surface area contributed by atoms with Gasteiger partial charge in [-0.3, -0.25) is 9.80 Å². The van der Waals surface area contributed by atoms with E-state index in [9.17, 15) is 0 Å². The van der Waals surface area contributed by atoms with Gasteiger partial charge in [-0.05, 0) is 58.2 Å². The summed E-state index contributed by atoms with van der Waals surface area (Å²) in [6.07, 6.45) is 30.1. The van der Waals surface area contributed by atoms with Crippen molar-refractivity contribution in [2.45, 2.75) is 141 Å². The molecule has 2 saturated heterocycles. The van der Waals surface area contributed by atoms with E-state index in [0.717, 1.165) is 12.2 Å². The predicted octanol–water partition coefficient (Wildman–Crippen LogP) is 7.13. The van der Waals surface area contributed by atoms with E-state index in [4.69, 9.17) is 0 Å². The molecule has 0 aromatic carbocycles. The van der Waals surface area contributed by atoms with Gasteiger partial charge >= 0.3 is 0 Å². The van der Waals surface area contributed by atoms with Crippen molar-refractivity contribution in [3.8, 4) is 0 Å². The SMILES string of the molecule is C1CCCCC(N2CCCCCCCC2N2CCCCCCCC2)CCC1. The zero-order valence-electron chi connectivity index (χ0n) is 18.3. The maximum absolute atomic E-state index is 3.06. The Morgan fingerprint density at radius 3 is 1.33 bits per heavy atom. The molecule has 27 heavy (non-hydrogen) atoms.